The maximum absolute atomic E-state index is 13.0. The Kier molecular flexibility index (Phi) is 5.18. The largest absolute Gasteiger partial charge is 0.388 e. The van der Waals surface area contributed by atoms with E-state index in [4.69, 9.17) is 0 Å². The minimum absolute atomic E-state index is 0.0140. The predicted molar refractivity (Wildman–Crippen MR) is 92.5 cm³/mol. The lowest BCUT2D eigenvalue weighted by molar-refractivity contribution is -0.131. The third-order valence-electron chi connectivity index (χ3n) is 5.06. The Hall–Kier alpha value is -2.21. The van der Waals surface area contributed by atoms with Crippen molar-refractivity contribution in [2.24, 2.45) is 0 Å². The number of nitrogens with zero attached hydrogens (tertiary/aromatic N) is 2. The van der Waals surface area contributed by atoms with E-state index < -0.39 is 6.10 Å². The zero-order chi connectivity index (χ0) is 18.0. The van der Waals surface area contributed by atoms with Gasteiger partial charge in [-0.2, -0.15) is 5.10 Å². The van der Waals surface area contributed by atoms with E-state index in [1.165, 1.54) is 12.1 Å². The third kappa shape index (κ3) is 3.90. The molecule has 3 rings (SSSR count). The van der Waals surface area contributed by atoms with Crippen molar-refractivity contribution in [1.29, 1.82) is 0 Å². The fourth-order valence-corrected chi connectivity index (χ4v) is 3.58. The maximum atomic E-state index is 13.0. The number of amides is 1. The average Bonchev–Trinajstić information content (AvgIpc) is 3.17. The van der Waals surface area contributed by atoms with Crippen molar-refractivity contribution in [3.63, 3.8) is 0 Å². The van der Waals surface area contributed by atoms with Crippen molar-refractivity contribution >= 4 is 5.91 Å². The molecule has 134 valence electrons. The van der Waals surface area contributed by atoms with Gasteiger partial charge in [-0.05, 0) is 50.8 Å². The van der Waals surface area contributed by atoms with Crippen LogP contribution in [0.1, 0.15) is 47.9 Å². The molecule has 0 spiro atoms. The van der Waals surface area contributed by atoms with Crippen LogP contribution < -0.4 is 0 Å². The van der Waals surface area contributed by atoms with Crippen molar-refractivity contribution in [2.75, 3.05) is 6.54 Å². The van der Waals surface area contributed by atoms with Gasteiger partial charge in [0.2, 0.25) is 5.91 Å². The predicted octanol–water partition coefficient (Wildman–Crippen LogP) is 2.82. The molecule has 1 amide bonds. The van der Waals surface area contributed by atoms with E-state index in [0.717, 1.165) is 36.3 Å². The maximum Gasteiger partial charge on any atom is 0.227 e. The van der Waals surface area contributed by atoms with Gasteiger partial charge < -0.3 is 10.0 Å². The fraction of sp³-hybridized carbons (Fsp3) is 0.474. The van der Waals surface area contributed by atoms with Crippen molar-refractivity contribution < 1.29 is 14.3 Å². The second-order valence-corrected chi connectivity index (χ2v) is 6.78. The van der Waals surface area contributed by atoms with Gasteiger partial charge in [0.1, 0.15) is 5.82 Å². The molecule has 0 aliphatic carbocycles. The number of nitrogens with one attached hydrogen (secondary N) is 1. The number of aromatic nitrogens is 2. The summed E-state index contributed by atoms with van der Waals surface area (Å²) in [5, 5.41) is 17.5. The highest BCUT2D eigenvalue weighted by Gasteiger charge is 2.31. The standard InChI is InChI=1S/C19H24FN3O2/c1-12-17(13(2)22-21-12)11-19(25)23-9-3-4-16(23)10-18(24)14-5-7-15(20)8-6-14/h5-8,16,18,24H,3-4,9-11H2,1-2H3,(H,21,22)/t16-,18+/m0/s1. The third-order valence-corrected chi connectivity index (χ3v) is 5.06. The first-order valence-corrected chi connectivity index (χ1v) is 8.69. The highest BCUT2D eigenvalue weighted by Crippen LogP contribution is 2.28. The minimum atomic E-state index is -0.698. The summed E-state index contributed by atoms with van der Waals surface area (Å²) in [4.78, 5) is 14.6. The van der Waals surface area contributed by atoms with E-state index in [0.29, 0.717) is 18.4 Å². The lowest BCUT2D eigenvalue weighted by atomic mass is 10.00. The monoisotopic (exact) mass is 345 g/mol. The first-order chi connectivity index (χ1) is 12.0. The molecule has 5 nitrogen and oxygen atoms in total. The normalized spacial score (nSPS) is 18.6. The summed E-state index contributed by atoms with van der Waals surface area (Å²) in [6.45, 7) is 4.53. The number of aliphatic hydroxyl groups is 1. The molecule has 1 aromatic heterocycles. The molecule has 25 heavy (non-hydrogen) atoms. The lowest BCUT2D eigenvalue weighted by Gasteiger charge is -2.27. The molecule has 0 unspecified atom stereocenters. The molecule has 1 fully saturated rings. The van der Waals surface area contributed by atoms with Gasteiger partial charge in [0.25, 0.3) is 0 Å². The van der Waals surface area contributed by atoms with Crippen LogP contribution in [-0.4, -0.2) is 38.7 Å². The van der Waals surface area contributed by atoms with Crippen molar-refractivity contribution in [2.45, 2.75) is 51.7 Å². The number of hydrogen-bond donors (Lipinski definition) is 2. The lowest BCUT2D eigenvalue weighted by Crippen LogP contribution is -2.37. The number of halogens is 1. The molecule has 1 aromatic carbocycles. The number of benzene rings is 1. The number of carbonyl (C=O) groups excluding carboxylic acids is 1. The number of rotatable bonds is 5. The number of carbonyl (C=O) groups is 1. The summed E-state index contributed by atoms with van der Waals surface area (Å²) in [6.07, 6.45) is 1.93. The Morgan fingerprint density at radius 3 is 2.76 bits per heavy atom. The highest BCUT2D eigenvalue weighted by atomic mass is 19.1. The second-order valence-electron chi connectivity index (χ2n) is 6.78. The van der Waals surface area contributed by atoms with Crippen LogP contribution in [-0.2, 0) is 11.2 Å². The summed E-state index contributed by atoms with van der Waals surface area (Å²) in [5.74, 6) is -0.249. The van der Waals surface area contributed by atoms with E-state index in [-0.39, 0.29) is 17.8 Å². The Labute approximate surface area is 146 Å². The van der Waals surface area contributed by atoms with Crippen molar-refractivity contribution in [3.05, 3.63) is 52.6 Å². The van der Waals surface area contributed by atoms with Gasteiger partial charge >= 0.3 is 0 Å². The molecule has 1 saturated heterocycles. The van der Waals surface area contributed by atoms with Crippen LogP contribution in [0.2, 0.25) is 0 Å². The second kappa shape index (κ2) is 7.35. The Morgan fingerprint density at radius 2 is 2.12 bits per heavy atom. The first-order valence-electron chi connectivity index (χ1n) is 8.69. The van der Waals surface area contributed by atoms with Gasteiger partial charge in [-0.3, -0.25) is 9.89 Å². The molecule has 0 bridgehead atoms. The summed E-state index contributed by atoms with van der Waals surface area (Å²) in [7, 11) is 0. The molecule has 2 aromatic rings. The molecule has 1 aliphatic heterocycles. The van der Waals surface area contributed by atoms with Crippen LogP contribution in [0, 0.1) is 19.7 Å². The molecule has 0 saturated carbocycles. The summed E-state index contributed by atoms with van der Waals surface area (Å²) >= 11 is 0. The van der Waals surface area contributed by atoms with Crippen LogP contribution >= 0.6 is 0 Å². The molecule has 6 heteroatoms. The van der Waals surface area contributed by atoms with E-state index in [1.807, 2.05) is 18.7 Å². The zero-order valence-corrected chi connectivity index (χ0v) is 14.6. The van der Waals surface area contributed by atoms with E-state index in [1.54, 1.807) is 12.1 Å². The Morgan fingerprint density at radius 1 is 1.40 bits per heavy atom. The first kappa shape index (κ1) is 17.6. The van der Waals surface area contributed by atoms with Gasteiger partial charge in [0, 0.05) is 23.8 Å². The number of likely N-dealkylation sites (tertiary alicyclic amines) is 1. The molecule has 2 N–H and O–H groups in total. The van der Waals surface area contributed by atoms with Crippen LogP contribution in [0.15, 0.2) is 24.3 Å². The van der Waals surface area contributed by atoms with E-state index in [2.05, 4.69) is 10.2 Å². The minimum Gasteiger partial charge on any atom is -0.388 e. The van der Waals surface area contributed by atoms with Gasteiger partial charge in [0.15, 0.2) is 0 Å². The van der Waals surface area contributed by atoms with Crippen LogP contribution in [0.4, 0.5) is 4.39 Å². The molecular weight excluding hydrogens is 321 g/mol. The van der Waals surface area contributed by atoms with Crippen LogP contribution in [0.3, 0.4) is 0 Å². The number of aliphatic hydroxyl groups excluding tert-OH is 1. The molecule has 2 atom stereocenters. The van der Waals surface area contributed by atoms with Gasteiger partial charge in [-0.1, -0.05) is 12.1 Å². The molecule has 2 heterocycles. The zero-order valence-electron chi connectivity index (χ0n) is 14.6. The molecule has 1 aliphatic rings. The smallest absolute Gasteiger partial charge is 0.227 e. The summed E-state index contributed by atoms with van der Waals surface area (Å²) < 4.78 is 13.0. The quantitative estimate of drug-likeness (QED) is 0.875. The SMILES string of the molecule is Cc1n[nH]c(C)c1CC(=O)N1CCC[C@H]1C[C@@H](O)c1ccc(F)cc1. The average molecular weight is 345 g/mol. The van der Waals surface area contributed by atoms with Crippen molar-refractivity contribution in [1.82, 2.24) is 15.1 Å². The summed E-state index contributed by atoms with van der Waals surface area (Å²) in [6, 6.07) is 5.90. The summed E-state index contributed by atoms with van der Waals surface area (Å²) in [5.41, 5.74) is 3.41. The topological polar surface area (TPSA) is 69.2 Å². The van der Waals surface area contributed by atoms with Crippen LogP contribution in [0.5, 0.6) is 0 Å². The fourth-order valence-electron chi connectivity index (χ4n) is 3.58. The van der Waals surface area contributed by atoms with Gasteiger partial charge in [-0.15, -0.1) is 0 Å². The Balaban J connectivity index is 1.65. The van der Waals surface area contributed by atoms with E-state index in [9.17, 15) is 14.3 Å². The van der Waals surface area contributed by atoms with Gasteiger partial charge in [-0.25, -0.2) is 4.39 Å². The van der Waals surface area contributed by atoms with Gasteiger partial charge in [0.05, 0.1) is 18.2 Å². The molecular formula is C19H24FN3O2. The molecule has 0 radical (unpaired) electrons. The van der Waals surface area contributed by atoms with Crippen LogP contribution in [0.25, 0.3) is 0 Å². The number of hydrogen-bond acceptors (Lipinski definition) is 3. The number of H-pyrrole nitrogens is 1. The number of aromatic amines is 1. The van der Waals surface area contributed by atoms with E-state index >= 15 is 0 Å². The Bertz CT molecular complexity index is 722. The number of aryl methyl sites for hydroxylation is 2. The van der Waals surface area contributed by atoms with Crippen molar-refractivity contribution in [3.8, 4) is 0 Å². The highest BCUT2D eigenvalue weighted by molar-refractivity contribution is 5.79.